The van der Waals surface area contributed by atoms with Crippen LogP contribution in [0.3, 0.4) is 0 Å². The Balaban J connectivity index is 1.60. The third-order valence-corrected chi connectivity index (χ3v) is 5.40. The van der Waals surface area contributed by atoms with Crippen LogP contribution in [0.4, 0.5) is 18.9 Å². The number of carbonyl (C=O) groups excluding carboxylic acids is 2. The van der Waals surface area contributed by atoms with Crippen LogP contribution in [0, 0.1) is 0 Å². The van der Waals surface area contributed by atoms with Gasteiger partial charge in [0.15, 0.2) is 0 Å². The number of alkyl halides is 3. The number of para-hydroxylation sites is 2. The minimum atomic E-state index is -4.56. The molecule has 4 aromatic rings. The molecule has 0 radical (unpaired) electrons. The van der Waals surface area contributed by atoms with Crippen molar-refractivity contribution in [3.63, 3.8) is 0 Å². The number of nitrogens with one attached hydrogen (secondary N) is 2. The molecule has 36 heavy (non-hydrogen) atoms. The fourth-order valence-corrected chi connectivity index (χ4v) is 3.71. The van der Waals surface area contributed by atoms with Crippen LogP contribution >= 0.6 is 0 Å². The van der Waals surface area contributed by atoms with Gasteiger partial charge in [-0.1, -0.05) is 36.4 Å². The number of pyridine rings is 1. The summed E-state index contributed by atoms with van der Waals surface area (Å²) in [6, 6.07) is 17.5. The molecular weight excluding hydrogens is 475 g/mol. The lowest BCUT2D eigenvalue weighted by Gasteiger charge is -2.15. The Morgan fingerprint density at radius 2 is 1.64 bits per heavy atom. The van der Waals surface area contributed by atoms with Gasteiger partial charge in [0.2, 0.25) is 5.91 Å². The van der Waals surface area contributed by atoms with E-state index in [4.69, 9.17) is 4.74 Å². The fourth-order valence-electron chi connectivity index (χ4n) is 3.71. The molecule has 0 aliphatic rings. The van der Waals surface area contributed by atoms with E-state index in [1.54, 1.807) is 48.5 Å². The summed E-state index contributed by atoms with van der Waals surface area (Å²) in [6.07, 6.45) is -3.19. The standard InChI is InChI=1S/C26H20F3N3O4/c1-36-22-12-5-4-11-21(22)32-15-20(18-9-2-3-10-19(18)25(32)35)24(34)30-14-23(33)31-17-8-6-7-16(13-17)26(27,28)29/h2-13,15H,14H2,1H3,(H,30,34)(H,31,33). The molecule has 1 aromatic heterocycles. The van der Waals surface area contributed by atoms with E-state index in [0.29, 0.717) is 16.8 Å². The average Bonchev–Trinajstić information content (AvgIpc) is 2.87. The second-order valence-corrected chi connectivity index (χ2v) is 7.74. The van der Waals surface area contributed by atoms with Crippen molar-refractivity contribution in [2.45, 2.75) is 6.18 Å². The zero-order valence-corrected chi connectivity index (χ0v) is 18.9. The smallest absolute Gasteiger partial charge is 0.416 e. The Morgan fingerprint density at radius 1 is 0.944 bits per heavy atom. The summed E-state index contributed by atoms with van der Waals surface area (Å²) in [5.74, 6) is -0.944. The number of benzene rings is 3. The molecule has 0 bridgehead atoms. The largest absolute Gasteiger partial charge is 0.495 e. The first-order chi connectivity index (χ1) is 17.2. The van der Waals surface area contributed by atoms with E-state index in [2.05, 4.69) is 10.6 Å². The first-order valence-electron chi connectivity index (χ1n) is 10.7. The number of aromatic nitrogens is 1. The number of nitrogens with zero attached hydrogens (tertiary/aromatic N) is 1. The topological polar surface area (TPSA) is 89.4 Å². The first-order valence-corrected chi connectivity index (χ1v) is 10.7. The highest BCUT2D eigenvalue weighted by molar-refractivity contribution is 6.08. The van der Waals surface area contributed by atoms with Gasteiger partial charge in [-0.15, -0.1) is 0 Å². The van der Waals surface area contributed by atoms with Gasteiger partial charge in [0.1, 0.15) is 5.75 Å². The van der Waals surface area contributed by atoms with Crippen molar-refractivity contribution in [3.8, 4) is 11.4 Å². The van der Waals surface area contributed by atoms with E-state index < -0.39 is 30.1 Å². The molecule has 2 amide bonds. The third kappa shape index (κ3) is 5.07. The van der Waals surface area contributed by atoms with E-state index in [0.717, 1.165) is 12.1 Å². The van der Waals surface area contributed by atoms with Crippen molar-refractivity contribution in [3.05, 3.63) is 100 Å². The van der Waals surface area contributed by atoms with Crippen molar-refractivity contribution in [1.82, 2.24) is 9.88 Å². The molecule has 4 rings (SSSR count). The molecule has 3 aromatic carbocycles. The van der Waals surface area contributed by atoms with E-state index in [-0.39, 0.29) is 22.2 Å². The summed E-state index contributed by atoms with van der Waals surface area (Å²) >= 11 is 0. The van der Waals surface area contributed by atoms with Crippen LogP contribution in [-0.4, -0.2) is 30.0 Å². The number of amides is 2. The Labute approximate surface area is 203 Å². The highest BCUT2D eigenvalue weighted by Crippen LogP contribution is 2.30. The molecular formula is C26H20F3N3O4. The molecule has 184 valence electrons. The summed E-state index contributed by atoms with van der Waals surface area (Å²) < 4.78 is 45.4. The lowest BCUT2D eigenvalue weighted by atomic mass is 10.1. The third-order valence-electron chi connectivity index (χ3n) is 5.40. The monoisotopic (exact) mass is 495 g/mol. The van der Waals surface area contributed by atoms with Crippen LogP contribution in [0.2, 0.25) is 0 Å². The van der Waals surface area contributed by atoms with Crippen molar-refractivity contribution in [1.29, 1.82) is 0 Å². The summed E-state index contributed by atoms with van der Waals surface area (Å²) in [7, 11) is 1.46. The predicted molar refractivity (Wildman–Crippen MR) is 129 cm³/mol. The second kappa shape index (κ2) is 9.95. The number of fused-ring (bicyclic) bond motifs is 1. The number of rotatable bonds is 6. The maximum absolute atomic E-state index is 13.2. The molecule has 7 nitrogen and oxygen atoms in total. The van der Waals surface area contributed by atoms with Crippen LogP contribution in [0.5, 0.6) is 5.75 Å². The van der Waals surface area contributed by atoms with Crippen molar-refractivity contribution >= 4 is 28.3 Å². The van der Waals surface area contributed by atoms with E-state index in [9.17, 15) is 27.6 Å². The number of ether oxygens (including phenoxy) is 1. The number of anilines is 1. The Kier molecular flexibility index (Phi) is 6.77. The molecule has 0 atom stereocenters. The van der Waals surface area contributed by atoms with Crippen LogP contribution in [0.1, 0.15) is 15.9 Å². The zero-order chi connectivity index (χ0) is 25.9. The van der Waals surface area contributed by atoms with E-state index in [1.807, 2.05) is 0 Å². The minimum Gasteiger partial charge on any atom is -0.495 e. The molecule has 0 saturated heterocycles. The SMILES string of the molecule is COc1ccccc1-n1cc(C(=O)NCC(=O)Nc2cccc(C(F)(F)F)c2)c2ccccc2c1=O. The normalized spacial score (nSPS) is 11.2. The lowest BCUT2D eigenvalue weighted by molar-refractivity contribution is -0.137. The maximum atomic E-state index is 13.2. The van der Waals surface area contributed by atoms with Crippen molar-refractivity contribution in [2.24, 2.45) is 0 Å². The number of halogens is 3. The molecule has 0 fully saturated rings. The number of methoxy groups -OCH3 is 1. The summed E-state index contributed by atoms with van der Waals surface area (Å²) in [4.78, 5) is 38.6. The Morgan fingerprint density at radius 3 is 2.36 bits per heavy atom. The summed E-state index contributed by atoms with van der Waals surface area (Å²) in [6.45, 7) is -0.503. The first kappa shape index (κ1) is 24.5. The van der Waals surface area contributed by atoms with Gasteiger partial charge in [0, 0.05) is 22.7 Å². The fraction of sp³-hybridized carbons (Fsp3) is 0.115. The molecule has 0 aliphatic carbocycles. The van der Waals surface area contributed by atoms with Crippen LogP contribution in [-0.2, 0) is 11.0 Å². The summed E-state index contributed by atoms with van der Waals surface area (Å²) in [5.41, 5.74) is -0.780. The van der Waals surface area contributed by atoms with Gasteiger partial charge in [-0.2, -0.15) is 13.2 Å². The van der Waals surface area contributed by atoms with Gasteiger partial charge in [0.25, 0.3) is 11.5 Å². The minimum absolute atomic E-state index is 0.0563. The predicted octanol–water partition coefficient (Wildman–Crippen LogP) is 4.39. The van der Waals surface area contributed by atoms with E-state index in [1.165, 1.54) is 30.0 Å². The quantitative estimate of drug-likeness (QED) is 0.415. The molecule has 0 spiro atoms. The highest BCUT2D eigenvalue weighted by atomic mass is 19.4. The zero-order valence-electron chi connectivity index (χ0n) is 18.9. The lowest BCUT2D eigenvalue weighted by Crippen LogP contribution is -2.34. The molecule has 2 N–H and O–H groups in total. The van der Waals surface area contributed by atoms with Gasteiger partial charge >= 0.3 is 6.18 Å². The van der Waals surface area contributed by atoms with Gasteiger partial charge < -0.3 is 15.4 Å². The highest BCUT2D eigenvalue weighted by Gasteiger charge is 2.30. The average molecular weight is 495 g/mol. The summed E-state index contributed by atoms with van der Waals surface area (Å²) in [5, 5.41) is 5.46. The second-order valence-electron chi connectivity index (χ2n) is 7.74. The Hall–Kier alpha value is -4.60. The van der Waals surface area contributed by atoms with Crippen molar-refractivity contribution in [2.75, 3.05) is 19.0 Å². The molecule has 0 saturated carbocycles. The van der Waals surface area contributed by atoms with Gasteiger partial charge in [-0.05, 0) is 36.4 Å². The molecule has 0 unspecified atom stereocenters. The van der Waals surface area contributed by atoms with Gasteiger partial charge in [-0.3, -0.25) is 19.0 Å². The maximum Gasteiger partial charge on any atom is 0.416 e. The molecule has 1 heterocycles. The number of carbonyl (C=O) groups is 2. The Bertz CT molecular complexity index is 1510. The van der Waals surface area contributed by atoms with Crippen LogP contribution < -0.4 is 20.9 Å². The number of hydrogen-bond acceptors (Lipinski definition) is 4. The van der Waals surface area contributed by atoms with Crippen LogP contribution in [0.25, 0.3) is 16.5 Å². The van der Waals surface area contributed by atoms with Gasteiger partial charge in [0.05, 0.1) is 30.5 Å². The van der Waals surface area contributed by atoms with Crippen molar-refractivity contribution < 1.29 is 27.5 Å². The van der Waals surface area contributed by atoms with Crippen LogP contribution in [0.15, 0.2) is 83.8 Å². The number of hydrogen-bond donors (Lipinski definition) is 2. The van der Waals surface area contributed by atoms with Gasteiger partial charge in [-0.25, -0.2) is 0 Å². The molecule has 0 aliphatic heterocycles. The van der Waals surface area contributed by atoms with E-state index >= 15 is 0 Å². The molecule has 10 heteroatoms.